The molecule has 0 amide bonds. The molecule has 2 rings (SSSR count). The Balaban J connectivity index is 2.13. The standard InChI is InChI=1S/C12H15F3N2/c13-12(14,15)10-6-9(16)4-5-11(10)17-7-8-2-1-3-8/h4-6,8,17H,1-3,7,16H2. The SMILES string of the molecule is Nc1ccc(NCC2CCC2)c(C(F)(F)F)c1. The van der Waals surface area contributed by atoms with Crippen molar-refractivity contribution >= 4 is 11.4 Å². The molecular formula is C12H15F3N2. The van der Waals surface area contributed by atoms with E-state index in [9.17, 15) is 13.2 Å². The second kappa shape index (κ2) is 4.47. The van der Waals surface area contributed by atoms with E-state index >= 15 is 0 Å². The Morgan fingerprint density at radius 2 is 2.00 bits per heavy atom. The van der Waals surface area contributed by atoms with E-state index in [1.165, 1.54) is 18.6 Å². The molecule has 94 valence electrons. The van der Waals surface area contributed by atoms with Crippen molar-refractivity contribution in [3.8, 4) is 0 Å². The van der Waals surface area contributed by atoms with Gasteiger partial charge in [0.15, 0.2) is 0 Å². The van der Waals surface area contributed by atoms with Gasteiger partial charge in [0.05, 0.1) is 5.56 Å². The summed E-state index contributed by atoms with van der Waals surface area (Å²) in [6, 6.07) is 3.86. The van der Waals surface area contributed by atoms with Crippen LogP contribution < -0.4 is 11.1 Å². The van der Waals surface area contributed by atoms with E-state index in [0.717, 1.165) is 18.9 Å². The number of anilines is 2. The summed E-state index contributed by atoms with van der Waals surface area (Å²) >= 11 is 0. The first-order valence-corrected chi connectivity index (χ1v) is 5.67. The molecule has 0 spiro atoms. The fourth-order valence-corrected chi connectivity index (χ4v) is 1.90. The summed E-state index contributed by atoms with van der Waals surface area (Å²) in [6.07, 6.45) is -0.982. The number of hydrogen-bond donors (Lipinski definition) is 2. The van der Waals surface area contributed by atoms with E-state index in [1.807, 2.05) is 0 Å². The van der Waals surface area contributed by atoms with Crippen LogP contribution in [-0.2, 0) is 6.18 Å². The van der Waals surface area contributed by atoms with Gasteiger partial charge in [-0.1, -0.05) is 6.42 Å². The number of benzene rings is 1. The second-order valence-corrected chi connectivity index (χ2v) is 4.48. The summed E-state index contributed by atoms with van der Waals surface area (Å²) in [7, 11) is 0. The van der Waals surface area contributed by atoms with Crippen molar-refractivity contribution in [1.29, 1.82) is 0 Å². The van der Waals surface area contributed by atoms with Crippen molar-refractivity contribution in [3.63, 3.8) is 0 Å². The number of hydrogen-bond acceptors (Lipinski definition) is 2. The van der Waals surface area contributed by atoms with Crippen LogP contribution in [0.25, 0.3) is 0 Å². The third kappa shape index (κ3) is 2.84. The lowest BCUT2D eigenvalue weighted by atomic mass is 9.85. The highest BCUT2D eigenvalue weighted by molar-refractivity contribution is 5.59. The van der Waals surface area contributed by atoms with Crippen LogP contribution in [0.4, 0.5) is 24.5 Å². The molecule has 2 nitrogen and oxygen atoms in total. The molecule has 0 unspecified atom stereocenters. The molecule has 3 N–H and O–H groups in total. The summed E-state index contributed by atoms with van der Waals surface area (Å²) in [6.45, 7) is 0.604. The van der Waals surface area contributed by atoms with Crippen molar-refractivity contribution in [1.82, 2.24) is 0 Å². The zero-order valence-electron chi connectivity index (χ0n) is 9.35. The molecule has 0 saturated heterocycles. The van der Waals surface area contributed by atoms with Gasteiger partial charge >= 0.3 is 6.18 Å². The molecule has 1 aromatic carbocycles. The van der Waals surface area contributed by atoms with Gasteiger partial charge in [-0.25, -0.2) is 0 Å². The van der Waals surface area contributed by atoms with Gasteiger partial charge in [0, 0.05) is 17.9 Å². The number of halogens is 3. The van der Waals surface area contributed by atoms with Crippen LogP contribution in [-0.4, -0.2) is 6.54 Å². The quantitative estimate of drug-likeness (QED) is 0.798. The highest BCUT2D eigenvalue weighted by atomic mass is 19.4. The highest BCUT2D eigenvalue weighted by Gasteiger charge is 2.33. The van der Waals surface area contributed by atoms with Crippen LogP contribution in [0.3, 0.4) is 0 Å². The Kier molecular flexibility index (Phi) is 3.17. The lowest BCUT2D eigenvalue weighted by Crippen LogP contribution is -2.22. The number of nitrogen functional groups attached to an aromatic ring is 1. The summed E-state index contributed by atoms with van der Waals surface area (Å²) in [4.78, 5) is 0. The third-order valence-corrected chi connectivity index (χ3v) is 3.15. The van der Waals surface area contributed by atoms with Crippen LogP contribution in [0, 0.1) is 5.92 Å². The van der Waals surface area contributed by atoms with Gasteiger partial charge in [0.25, 0.3) is 0 Å². The molecule has 0 heterocycles. The van der Waals surface area contributed by atoms with E-state index < -0.39 is 11.7 Å². The summed E-state index contributed by atoms with van der Waals surface area (Å²) in [5.74, 6) is 0.508. The van der Waals surface area contributed by atoms with Crippen molar-refractivity contribution in [3.05, 3.63) is 23.8 Å². The molecule has 0 atom stereocenters. The zero-order chi connectivity index (χ0) is 12.5. The Labute approximate surface area is 98.0 Å². The van der Waals surface area contributed by atoms with Gasteiger partial charge in [-0.2, -0.15) is 13.2 Å². The maximum absolute atomic E-state index is 12.8. The van der Waals surface area contributed by atoms with E-state index in [0.29, 0.717) is 12.5 Å². The van der Waals surface area contributed by atoms with Gasteiger partial charge in [-0.3, -0.25) is 0 Å². The normalized spacial score (nSPS) is 16.6. The molecule has 1 saturated carbocycles. The Bertz CT molecular complexity index is 397. The van der Waals surface area contributed by atoms with Gasteiger partial charge in [0.2, 0.25) is 0 Å². The Morgan fingerprint density at radius 1 is 1.29 bits per heavy atom. The molecule has 1 aliphatic rings. The predicted molar refractivity (Wildman–Crippen MR) is 61.7 cm³/mol. The molecule has 1 aliphatic carbocycles. The average Bonchev–Trinajstić information content (AvgIpc) is 2.16. The molecule has 5 heteroatoms. The largest absolute Gasteiger partial charge is 0.418 e. The van der Waals surface area contributed by atoms with Gasteiger partial charge < -0.3 is 11.1 Å². The maximum atomic E-state index is 12.8. The first-order chi connectivity index (χ1) is 7.97. The molecule has 0 aliphatic heterocycles. The van der Waals surface area contributed by atoms with Crippen molar-refractivity contribution in [2.45, 2.75) is 25.4 Å². The minimum atomic E-state index is -4.36. The fraction of sp³-hybridized carbons (Fsp3) is 0.500. The van der Waals surface area contributed by atoms with Crippen molar-refractivity contribution in [2.24, 2.45) is 5.92 Å². The predicted octanol–water partition coefficient (Wildman–Crippen LogP) is 3.50. The highest BCUT2D eigenvalue weighted by Crippen LogP contribution is 2.36. The number of rotatable bonds is 3. The summed E-state index contributed by atoms with van der Waals surface area (Å²) in [5.41, 5.74) is 4.96. The molecule has 1 fully saturated rings. The van der Waals surface area contributed by atoms with E-state index in [4.69, 9.17) is 5.73 Å². The molecular weight excluding hydrogens is 229 g/mol. The third-order valence-electron chi connectivity index (χ3n) is 3.15. The maximum Gasteiger partial charge on any atom is 0.418 e. The first-order valence-electron chi connectivity index (χ1n) is 5.67. The molecule has 0 aromatic heterocycles. The van der Waals surface area contributed by atoms with Crippen LogP contribution in [0.15, 0.2) is 18.2 Å². The molecule has 17 heavy (non-hydrogen) atoms. The molecule has 0 radical (unpaired) electrons. The van der Waals surface area contributed by atoms with Crippen LogP contribution in [0.5, 0.6) is 0 Å². The topological polar surface area (TPSA) is 38.0 Å². The van der Waals surface area contributed by atoms with E-state index in [-0.39, 0.29) is 11.4 Å². The average molecular weight is 244 g/mol. The summed E-state index contributed by atoms with van der Waals surface area (Å²) < 4.78 is 38.3. The van der Waals surface area contributed by atoms with Crippen LogP contribution in [0.1, 0.15) is 24.8 Å². The monoisotopic (exact) mass is 244 g/mol. The number of nitrogens with one attached hydrogen (secondary N) is 1. The Hall–Kier alpha value is -1.39. The minimum absolute atomic E-state index is 0.124. The summed E-state index contributed by atoms with van der Waals surface area (Å²) in [5, 5.41) is 2.87. The van der Waals surface area contributed by atoms with Crippen molar-refractivity contribution < 1.29 is 13.2 Å². The lowest BCUT2D eigenvalue weighted by Gasteiger charge is -2.26. The van der Waals surface area contributed by atoms with Gasteiger partial charge in [-0.05, 0) is 37.0 Å². The minimum Gasteiger partial charge on any atom is -0.399 e. The zero-order valence-corrected chi connectivity index (χ0v) is 9.35. The van der Waals surface area contributed by atoms with Gasteiger partial charge in [0.1, 0.15) is 0 Å². The smallest absolute Gasteiger partial charge is 0.399 e. The van der Waals surface area contributed by atoms with Gasteiger partial charge in [-0.15, -0.1) is 0 Å². The number of nitrogens with two attached hydrogens (primary N) is 1. The number of alkyl halides is 3. The van der Waals surface area contributed by atoms with Crippen molar-refractivity contribution in [2.75, 3.05) is 17.6 Å². The second-order valence-electron chi connectivity index (χ2n) is 4.48. The van der Waals surface area contributed by atoms with E-state index in [2.05, 4.69) is 5.32 Å². The first kappa shape index (κ1) is 12.1. The van der Waals surface area contributed by atoms with Crippen LogP contribution in [0.2, 0.25) is 0 Å². The van der Waals surface area contributed by atoms with Crippen LogP contribution >= 0.6 is 0 Å². The van der Waals surface area contributed by atoms with E-state index in [1.54, 1.807) is 0 Å². The molecule has 1 aromatic rings. The lowest BCUT2D eigenvalue weighted by molar-refractivity contribution is -0.136. The fourth-order valence-electron chi connectivity index (χ4n) is 1.90. The molecule has 0 bridgehead atoms. The Morgan fingerprint density at radius 3 is 2.53 bits per heavy atom.